The number of hydrogen-bond acceptors (Lipinski definition) is 2. The molecule has 0 aliphatic rings. The molecule has 2 N–H and O–H groups in total. The minimum absolute atomic E-state index is 0.105. The minimum atomic E-state index is -4.57. The van der Waals surface area contributed by atoms with Gasteiger partial charge in [-0.2, -0.15) is 26.3 Å². The van der Waals surface area contributed by atoms with E-state index < -0.39 is 34.5 Å². The van der Waals surface area contributed by atoms with E-state index in [2.05, 4.69) is 0 Å². The summed E-state index contributed by atoms with van der Waals surface area (Å²) in [6.07, 6.45) is -9.14. The van der Waals surface area contributed by atoms with Gasteiger partial charge in [0.05, 0.1) is 23.1 Å². The Morgan fingerprint density at radius 1 is 0.727 bits per heavy atom. The lowest BCUT2D eigenvalue weighted by Crippen LogP contribution is -2.07. The van der Waals surface area contributed by atoms with Gasteiger partial charge in [0.15, 0.2) is 0 Å². The van der Waals surface area contributed by atoms with Crippen molar-refractivity contribution < 1.29 is 35.3 Å². The lowest BCUT2D eigenvalue weighted by molar-refractivity contribution is -0.138. The van der Waals surface area contributed by atoms with Gasteiger partial charge in [-0.25, -0.2) is 9.35 Å². The standard InChI is InChI=1S/C23H15F6NO2S/c1-32-18-8-2-12-10-14(22(24,25)26)4-6-16(12)20(18)21-17-7-5-15(23(27,28)29)11-13(17)3-9-19(21)33(30)31/h2-11H,30H2,1H3. The van der Waals surface area contributed by atoms with E-state index in [0.29, 0.717) is 10.8 Å². The molecule has 0 saturated carbocycles. The number of rotatable bonds is 3. The van der Waals surface area contributed by atoms with Crippen LogP contribution < -0.4 is 9.88 Å². The van der Waals surface area contributed by atoms with Gasteiger partial charge in [-0.15, -0.1) is 0 Å². The second-order valence-electron chi connectivity index (χ2n) is 7.25. The van der Waals surface area contributed by atoms with Crippen LogP contribution in [0.2, 0.25) is 0 Å². The van der Waals surface area contributed by atoms with Crippen molar-refractivity contribution in [1.29, 1.82) is 0 Å². The maximum absolute atomic E-state index is 13.2. The molecule has 0 aliphatic heterocycles. The number of ether oxygens (including phenoxy) is 1. The first-order valence-electron chi connectivity index (χ1n) is 9.40. The molecule has 0 radical (unpaired) electrons. The van der Waals surface area contributed by atoms with Crippen LogP contribution in [0, 0.1) is 0 Å². The maximum atomic E-state index is 13.2. The van der Waals surface area contributed by atoms with E-state index in [1.807, 2.05) is 0 Å². The van der Waals surface area contributed by atoms with Gasteiger partial charge < -0.3 is 4.74 Å². The average molecular weight is 483 g/mol. The normalized spacial score (nSPS) is 13.5. The van der Waals surface area contributed by atoms with Gasteiger partial charge in [0.25, 0.3) is 0 Å². The smallest absolute Gasteiger partial charge is 0.416 e. The summed E-state index contributed by atoms with van der Waals surface area (Å²) >= 11 is 0. The van der Waals surface area contributed by atoms with Crippen molar-refractivity contribution in [2.45, 2.75) is 17.2 Å². The lowest BCUT2D eigenvalue weighted by atomic mass is 9.91. The first-order valence-corrected chi connectivity index (χ1v) is 10.6. The molecule has 0 fully saturated rings. The molecule has 4 aromatic carbocycles. The summed E-state index contributed by atoms with van der Waals surface area (Å²) in [6.45, 7) is 0. The molecule has 0 heterocycles. The number of halogens is 6. The first-order chi connectivity index (χ1) is 15.4. The third-order valence-corrected chi connectivity index (χ3v) is 6.08. The zero-order valence-corrected chi connectivity index (χ0v) is 17.7. The molecule has 1 atom stereocenters. The zero-order valence-electron chi connectivity index (χ0n) is 16.8. The van der Waals surface area contributed by atoms with Crippen LogP contribution in [0.1, 0.15) is 11.1 Å². The fourth-order valence-corrected chi connectivity index (χ4v) is 4.44. The van der Waals surface area contributed by atoms with Gasteiger partial charge in [0, 0.05) is 11.1 Å². The van der Waals surface area contributed by atoms with E-state index in [0.717, 1.165) is 24.3 Å². The molecule has 0 bridgehead atoms. The van der Waals surface area contributed by atoms with Crippen LogP contribution in [-0.4, -0.2) is 11.3 Å². The van der Waals surface area contributed by atoms with E-state index in [-0.39, 0.29) is 32.5 Å². The number of methoxy groups -OCH3 is 1. The van der Waals surface area contributed by atoms with E-state index in [9.17, 15) is 30.6 Å². The number of alkyl halides is 6. The lowest BCUT2D eigenvalue weighted by Gasteiger charge is -2.19. The monoisotopic (exact) mass is 483 g/mol. The van der Waals surface area contributed by atoms with E-state index >= 15 is 0 Å². The van der Waals surface area contributed by atoms with E-state index in [4.69, 9.17) is 9.88 Å². The summed E-state index contributed by atoms with van der Waals surface area (Å²) in [4.78, 5) is 0.105. The Hall–Kier alpha value is -3.11. The van der Waals surface area contributed by atoms with Crippen LogP contribution >= 0.6 is 0 Å². The highest BCUT2D eigenvalue weighted by atomic mass is 32.2. The quantitative estimate of drug-likeness (QED) is 0.330. The van der Waals surface area contributed by atoms with E-state index in [1.54, 1.807) is 0 Å². The molecular weight excluding hydrogens is 468 g/mol. The molecule has 0 saturated heterocycles. The highest BCUT2D eigenvalue weighted by molar-refractivity contribution is 7.82. The molecule has 4 rings (SSSR count). The van der Waals surface area contributed by atoms with Crippen LogP contribution in [0.25, 0.3) is 32.7 Å². The fourth-order valence-electron chi connectivity index (χ4n) is 3.83. The number of fused-ring (bicyclic) bond motifs is 2. The highest BCUT2D eigenvalue weighted by Gasteiger charge is 2.32. The topological polar surface area (TPSA) is 52.3 Å². The van der Waals surface area contributed by atoms with Gasteiger partial charge in [-0.05, 0) is 57.9 Å². The molecule has 0 aliphatic carbocycles. The van der Waals surface area contributed by atoms with E-state index in [1.165, 1.54) is 43.5 Å². The minimum Gasteiger partial charge on any atom is -0.496 e. The van der Waals surface area contributed by atoms with Gasteiger partial charge in [-0.1, -0.05) is 24.3 Å². The summed E-state index contributed by atoms with van der Waals surface area (Å²) in [7, 11) is -0.701. The van der Waals surface area contributed by atoms with Crippen LogP contribution in [0.5, 0.6) is 5.75 Å². The van der Waals surface area contributed by atoms with Crippen molar-refractivity contribution in [3.63, 3.8) is 0 Å². The summed E-state index contributed by atoms with van der Waals surface area (Å²) < 4.78 is 97.1. The summed E-state index contributed by atoms with van der Waals surface area (Å²) in [5, 5.41) is 6.71. The Balaban J connectivity index is 2.13. The third-order valence-electron chi connectivity index (χ3n) is 5.30. The van der Waals surface area contributed by atoms with Crippen LogP contribution in [0.15, 0.2) is 65.6 Å². The number of nitrogens with two attached hydrogens (primary N) is 1. The van der Waals surface area contributed by atoms with Gasteiger partial charge in [0.2, 0.25) is 0 Å². The van der Waals surface area contributed by atoms with Crippen LogP contribution in [-0.2, 0) is 23.3 Å². The SMILES string of the molecule is COc1ccc2cc(C(F)(F)F)ccc2c1-c1c(S(N)=O)ccc2cc(C(F)(F)F)ccc12. The van der Waals surface area contributed by atoms with Crippen molar-refractivity contribution in [2.24, 2.45) is 5.14 Å². The van der Waals surface area contributed by atoms with Crippen molar-refractivity contribution in [3.05, 3.63) is 71.8 Å². The van der Waals surface area contributed by atoms with Crippen LogP contribution in [0.3, 0.4) is 0 Å². The van der Waals surface area contributed by atoms with Crippen molar-refractivity contribution in [2.75, 3.05) is 7.11 Å². The van der Waals surface area contributed by atoms with Gasteiger partial charge in [-0.3, -0.25) is 0 Å². The predicted molar refractivity (Wildman–Crippen MR) is 114 cm³/mol. The summed E-state index contributed by atoms with van der Waals surface area (Å²) in [5.41, 5.74) is -1.23. The molecule has 1 unspecified atom stereocenters. The van der Waals surface area contributed by atoms with Crippen molar-refractivity contribution >= 4 is 32.5 Å². The van der Waals surface area contributed by atoms with Crippen molar-refractivity contribution in [1.82, 2.24) is 0 Å². The fraction of sp³-hybridized carbons (Fsp3) is 0.130. The molecule has 3 nitrogen and oxygen atoms in total. The molecule has 33 heavy (non-hydrogen) atoms. The number of hydrogen-bond donors (Lipinski definition) is 1. The second-order valence-corrected chi connectivity index (χ2v) is 8.28. The molecule has 10 heteroatoms. The Bertz CT molecular complexity index is 1410. The molecule has 0 amide bonds. The average Bonchev–Trinajstić information content (AvgIpc) is 2.75. The van der Waals surface area contributed by atoms with Crippen molar-refractivity contribution in [3.8, 4) is 16.9 Å². The largest absolute Gasteiger partial charge is 0.496 e. The predicted octanol–water partition coefficient (Wildman–Crippen LogP) is 6.69. The Kier molecular flexibility index (Phi) is 5.61. The molecule has 0 aromatic heterocycles. The second kappa shape index (κ2) is 8.03. The van der Waals surface area contributed by atoms with Gasteiger partial charge in [0.1, 0.15) is 16.7 Å². The number of benzene rings is 4. The molecular formula is C23H15F6NO2S. The van der Waals surface area contributed by atoms with Crippen LogP contribution in [0.4, 0.5) is 26.3 Å². The summed E-state index contributed by atoms with van der Waals surface area (Å²) in [5.74, 6) is 0.237. The zero-order chi connectivity index (χ0) is 24.1. The first kappa shape index (κ1) is 23.1. The molecule has 0 spiro atoms. The Morgan fingerprint density at radius 2 is 1.21 bits per heavy atom. The Morgan fingerprint density at radius 3 is 1.67 bits per heavy atom. The molecule has 4 aromatic rings. The maximum Gasteiger partial charge on any atom is 0.416 e. The molecule has 172 valence electrons. The third kappa shape index (κ3) is 4.16. The van der Waals surface area contributed by atoms with Gasteiger partial charge >= 0.3 is 12.4 Å². The highest BCUT2D eigenvalue weighted by Crippen LogP contribution is 2.45. The Labute approximate surface area is 186 Å². The summed E-state index contributed by atoms with van der Waals surface area (Å²) in [6, 6.07) is 11.8.